The molecule has 0 aliphatic heterocycles. The molecule has 0 spiro atoms. The molecule has 5 nitrogen and oxygen atoms in total. The maximum absolute atomic E-state index is 12.2. The highest BCUT2D eigenvalue weighted by molar-refractivity contribution is 6.07. The number of rotatable bonds is 6. The van der Waals surface area contributed by atoms with Gasteiger partial charge < -0.3 is 19.3 Å². The lowest BCUT2D eigenvalue weighted by Crippen LogP contribution is -1.97. The first-order valence-corrected chi connectivity index (χ1v) is 6.90. The van der Waals surface area contributed by atoms with Crippen molar-refractivity contribution in [1.29, 1.82) is 0 Å². The van der Waals surface area contributed by atoms with Crippen molar-refractivity contribution in [2.45, 2.75) is 0 Å². The number of benzene rings is 2. The van der Waals surface area contributed by atoms with Crippen LogP contribution < -0.4 is 14.2 Å². The maximum Gasteiger partial charge on any atom is 0.185 e. The van der Waals surface area contributed by atoms with Crippen molar-refractivity contribution in [3.63, 3.8) is 0 Å². The van der Waals surface area contributed by atoms with Gasteiger partial charge in [-0.15, -0.1) is 0 Å². The Labute approximate surface area is 134 Å². The van der Waals surface area contributed by atoms with Gasteiger partial charge in [0, 0.05) is 5.56 Å². The van der Waals surface area contributed by atoms with Crippen LogP contribution in [0, 0.1) is 0 Å². The number of phenols is 1. The SMILES string of the molecule is COc1ccc(/C=C\C(=O)c2ccc(OC)c(OC)c2)cc1O. The summed E-state index contributed by atoms with van der Waals surface area (Å²) in [5.41, 5.74) is 1.17. The van der Waals surface area contributed by atoms with Crippen LogP contribution in [0.2, 0.25) is 0 Å². The van der Waals surface area contributed by atoms with Crippen molar-refractivity contribution < 1.29 is 24.1 Å². The summed E-state index contributed by atoms with van der Waals surface area (Å²) in [6.07, 6.45) is 3.06. The van der Waals surface area contributed by atoms with Gasteiger partial charge in [-0.2, -0.15) is 0 Å². The predicted molar refractivity (Wildman–Crippen MR) is 87.6 cm³/mol. The van der Waals surface area contributed by atoms with Crippen LogP contribution in [0.3, 0.4) is 0 Å². The maximum atomic E-state index is 12.2. The number of carbonyl (C=O) groups excluding carboxylic acids is 1. The van der Waals surface area contributed by atoms with E-state index in [1.165, 1.54) is 33.5 Å². The lowest BCUT2D eigenvalue weighted by Gasteiger charge is -2.08. The van der Waals surface area contributed by atoms with E-state index in [9.17, 15) is 9.90 Å². The Bertz CT molecular complexity index is 734. The summed E-state index contributed by atoms with van der Waals surface area (Å²) in [6.45, 7) is 0. The summed E-state index contributed by atoms with van der Waals surface area (Å²) in [4.78, 5) is 12.2. The summed E-state index contributed by atoms with van der Waals surface area (Å²) in [5.74, 6) is 1.28. The van der Waals surface area contributed by atoms with Gasteiger partial charge in [0.1, 0.15) is 0 Å². The first-order valence-electron chi connectivity index (χ1n) is 6.90. The minimum absolute atomic E-state index is 0.0215. The highest BCUT2D eigenvalue weighted by atomic mass is 16.5. The van der Waals surface area contributed by atoms with Crippen LogP contribution in [-0.2, 0) is 0 Å². The van der Waals surface area contributed by atoms with Gasteiger partial charge in [-0.25, -0.2) is 0 Å². The molecule has 0 radical (unpaired) electrons. The molecule has 0 atom stereocenters. The van der Waals surface area contributed by atoms with Crippen LogP contribution in [0.4, 0.5) is 0 Å². The van der Waals surface area contributed by atoms with Gasteiger partial charge in [0.2, 0.25) is 0 Å². The van der Waals surface area contributed by atoms with Gasteiger partial charge in [0.05, 0.1) is 21.3 Å². The average Bonchev–Trinajstić information content (AvgIpc) is 2.59. The molecule has 0 bridgehead atoms. The van der Waals surface area contributed by atoms with E-state index < -0.39 is 0 Å². The monoisotopic (exact) mass is 314 g/mol. The van der Waals surface area contributed by atoms with Crippen molar-refractivity contribution in [2.75, 3.05) is 21.3 Å². The molecule has 1 N–H and O–H groups in total. The first-order chi connectivity index (χ1) is 11.1. The van der Waals surface area contributed by atoms with Gasteiger partial charge in [-0.05, 0) is 42.0 Å². The molecule has 0 amide bonds. The molecular weight excluding hydrogens is 296 g/mol. The van der Waals surface area contributed by atoms with Crippen molar-refractivity contribution in [2.24, 2.45) is 0 Å². The fraction of sp³-hybridized carbons (Fsp3) is 0.167. The highest BCUT2D eigenvalue weighted by Gasteiger charge is 2.08. The van der Waals surface area contributed by atoms with E-state index in [0.29, 0.717) is 28.4 Å². The molecule has 0 aliphatic carbocycles. The molecule has 2 aromatic carbocycles. The molecule has 23 heavy (non-hydrogen) atoms. The average molecular weight is 314 g/mol. The van der Waals surface area contributed by atoms with E-state index in [0.717, 1.165) is 0 Å². The Morgan fingerprint density at radius 2 is 1.57 bits per heavy atom. The fourth-order valence-corrected chi connectivity index (χ4v) is 2.07. The first kappa shape index (κ1) is 16.4. The second-order valence-electron chi connectivity index (χ2n) is 4.70. The Balaban J connectivity index is 2.19. The van der Waals surface area contributed by atoms with E-state index in [1.807, 2.05) is 0 Å². The smallest absolute Gasteiger partial charge is 0.185 e. The van der Waals surface area contributed by atoms with Crippen LogP contribution in [0.25, 0.3) is 6.08 Å². The topological polar surface area (TPSA) is 65.0 Å². The summed E-state index contributed by atoms with van der Waals surface area (Å²) >= 11 is 0. The number of methoxy groups -OCH3 is 3. The molecule has 0 heterocycles. The molecule has 5 heteroatoms. The van der Waals surface area contributed by atoms with E-state index in [-0.39, 0.29) is 11.5 Å². The van der Waals surface area contributed by atoms with Crippen LogP contribution in [-0.4, -0.2) is 32.2 Å². The molecule has 0 aliphatic rings. The normalized spacial score (nSPS) is 10.6. The number of carbonyl (C=O) groups is 1. The van der Waals surface area contributed by atoms with E-state index in [4.69, 9.17) is 14.2 Å². The minimum atomic E-state index is -0.179. The van der Waals surface area contributed by atoms with Gasteiger partial charge in [-0.1, -0.05) is 12.1 Å². The number of hydrogen-bond acceptors (Lipinski definition) is 5. The molecule has 0 saturated carbocycles. The van der Waals surface area contributed by atoms with E-state index in [1.54, 1.807) is 36.4 Å². The van der Waals surface area contributed by atoms with Crippen LogP contribution >= 0.6 is 0 Å². The van der Waals surface area contributed by atoms with Crippen molar-refractivity contribution in [3.05, 3.63) is 53.6 Å². The lowest BCUT2D eigenvalue weighted by atomic mass is 10.1. The zero-order valence-electron chi connectivity index (χ0n) is 13.2. The third-order valence-corrected chi connectivity index (χ3v) is 3.30. The Hall–Kier alpha value is -2.95. The Morgan fingerprint density at radius 1 is 0.913 bits per heavy atom. The Kier molecular flexibility index (Phi) is 5.25. The van der Waals surface area contributed by atoms with Crippen molar-refractivity contribution >= 4 is 11.9 Å². The van der Waals surface area contributed by atoms with E-state index in [2.05, 4.69) is 0 Å². The number of ketones is 1. The fourth-order valence-electron chi connectivity index (χ4n) is 2.07. The van der Waals surface area contributed by atoms with E-state index >= 15 is 0 Å². The quantitative estimate of drug-likeness (QED) is 0.654. The largest absolute Gasteiger partial charge is 0.504 e. The zero-order valence-corrected chi connectivity index (χ0v) is 13.2. The van der Waals surface area contributed by atoms with Gasteiger partial charge in [0.15, 0.2) is 28.8 Å². The van der Waals surface area contributed by atoms with Crippen LogP contribution in [0.15, 0.2) is 42.5 Å². The summed E-state index contributed by atoms with van der Waals surface area (Å²) < 4.78 is 15.3. The number of hydrogen-bond donors (Lipinski definition) is 1. The van der Waals surface area contributed by atoms with Gasteiger partial charge in [-0.3, -0.25) is 4.79 Å². The standard InChI is InChI=1S/C18H18O5/c1-21-16-8-5-12(10-15(16)20)4-7-14(19)13-6-9-17(22-2)18(11-13)23-3/h4-11,20H,1-3H3/b7-4-. The predicted octanol–water partition coefficient (Wildman–Crippen LogP) is 3.31. The number of aromatic hydroxyl groups is 1. The number of ether oxygens (including phenoxy) is 3. The molecule has 2 rings (SSSR count). The third kappa shape index (κ3) is 3.83. The number of phenolic OH excluding ortho intramolecular Hbond substituents is 1. The van der Waals surface area contributed by atoms with Crippen LogP contribution in [0.5, 0.6) is 23.0 Å². The number of allylic oxidation sites excluding steroid dienone is 1. The van der Waals surface area contributed by atoms with Gasteiger partial charge in [0.25, 0.3) is 0 Å². The molecule has 120 valence electrons. The lowest BCUT2D eigenvalue weighted by molar-refractivity contribution is 0.104. The van der Waals surface area contributed by atoms with Gasteiger partial charge >= 0.3 is 0 Å². The zero-order chi connectivity index (χ0) is 16.8. The second kappa shape index (κ2) is 7.35. The summed E-state index contributed by atoms with van der Waals surface area (Å²) in [7, 11) is 4.53. The molecule has 2 aromatic rings. The third-order valence-electron chi connectivity index (χ3n) is 3.30. The second-order valence-corrected chi connectivity index (χ2v) is 4.70. The summed E-state index contributed by atoms with van der Waals surface area (Å²) in [5, 5.41) is 9.73. The molecule has 0 aromatic heterocycles. The van der Waals surface area contributed by atoms with Crippen molar-refractivity contribution in [1.82, 2.24) is 0 Å². The van der Waals surface area contributed by atoms with Crippen molar-refractivity contribution in [3.8, 4) is 23.0 Å². The molecule has 0 unspecified atom stereocenters. The van der Waals surface area contributed by atoms with Crippen LogP contribution in [0.1, 0.15) is 15.9 Å². The summed E-state index contributed by atoms with van der Waals surface area (Å²) in [6, 6.07) is 9.87. The highest BCUT2D eigenvalue weighted by Crippen LogP contribution is 2.28. The molecule has 0 saturated heterocycles. The molecule has 0 fully saturated rings. The Morgan fingerprint density at radius 3 is 2.17 bits per heavy atom. The molecular formula is C18H18O5. The minimum Gasteiger partial charge on any atom is -0.504 e.